The van der Waals surface area contributed by atoms with E-state index < -0.39 is 29.3 Å². The number of carbonyl (C=O) groups excluding carboxylic acids is 3. The van der Waals surface area contributed by atoms with Crippen LogP contribution in [0.5, 0.6) is 0 Å². The van der Waals surface area contributed by atoms with Crippen LogP contribution in [0.4, 0.5) is 11.4 Å². The van der Waals surface area contributed by atoms with Gasteiger partial charge in [0.25, 0.3) is 17.5 Å². The van der Waals surface area contributed by atoms with Gasteiger partial charge in [-0.1, -0.05) is 6.07 Å². The van der Waals surface area contributed by atoms with Gasteiger partial charge in [0.05, 0.1) is 15.4 Å². The number of ether oxygens (including phenoxy) is 1. The van der Waals surface area contributed by atoms with E-state index in [1.807, 2.05) is 4.90 Å². The molecule has 2 heterocycles. The van der Waals surface area contributed by atoms with Gasteiger partial charge in [0.2, 0.25) is 0 Å². The summed E-state index contributed by atoms with van der Waals surface area (Å²) in [5, 5.41) is 15.3. The van der Waals surface area contributed by atoms with Gasteiger partial charge in [0.1, 0.15) is 5.69 Å². The van der Waals surface area contributed by atoms with Crippen molar-refractivity contribution in [3.63, 3.8) is 0 Å². The summed E-state index contributed by atoms with van der Waals surface area (Å²) in [5.41, 5.74) is 0.249. The molecule has 0 spiro atoms. The Balaban J connectivity index is 1.62. The molecule has 0 saturated carbocycles. The van der Waals surface area contributed by atoms with Gasteiger partial charge in [-0.2, -0.15) is 0 Å². The fourth-order valence-corrected chi connectivity index (χ4v) is 3.66. The molecule has 3 rings (SSSR count). The van der Waals surface area contributed by atoms with Crippen LogP contribution in [0.25, 0.3) is 0 Å². The molecule has 29 heavy (non-hydrogen) atoms. The summed E-state index contributed by atoms with van der Waals surface area (Å²) in [7, 11) is 0. The van der Waals surface area contributed by atoms with E-state index in [4.69, 9.17) is 4.74 Å². The van der Waals surface area contributed by atoms with Crippen LogP contribution in [-0.2, 0) is 9.53 Å². The molecule has 1 aliphatic rings. The highest BCUT2D eigenvalue weighted by Crippen LogP contribution is 2.31. The number of imide groups is 1. The van der Waals surface area contributed by atoms with Crippen LogP contribution >= 0.6 is 11.3 Å². The normalized spacial score (nSPS) is 13.6. The van der Waals surface area contributed by atoms with Crippen molar-refractivity contribution in [1.29, 1.82) is 0 Å². The Bertz CT molecular complexity index is 922. The number of carbonyl (C=O) groups is 3. The lowest BCUT2D eigenvalue weighted by Crippen LogP contribution is -2.33. The van der Waals surface area contributed by atoms with Crippen molar-refractivity contribution in [3.05, 3.63) is 56.3 Å². The molecule has 152 valence electrons. The van der Waals surface area contributed by atoms with Crippen LogP contribution in [0.15, 0.2) is 35.7 Å². The maximum atomic E-state index is 12.2. The van der Waals surface area contributed by atoms with Crippen molar-refractivity contribution in [1.82, 2.24) is 5.32 Å². The van der Waals surface area contributed by atoms with Gasteiger partial charge >= 0.3 is 5.97 Å². The zero-order chi connectivity index (χ0) is 20.8. The molecule has 2 amide bonds. The van der Waals surface area contributed by atoms with Crippen molar-refractivity contribution >= 4 is 40.5 Å². The fourth-order valence-electron chi connectivity index (χ4n) is 3.05. The molecular formula is C19H19N3O6S. The maximum Gasteiger partial charge on any atom is 0.338 e. The van der Waals surface area contributed by atoms with Crippen LogP contribution in [0, 0.1) is 10.1 Å². The zero-order valence-electron chi connectivity index (χ0n) is 15.5. The molecule has 10 heteroatoms. The summed E-state index contributed by atoms with van der Waals surface area (Å²) in [6.07, 6.45) is 3.01. The number of nitro benzene ring substituents is 1. The van der Waals surface area contributed by atoms with Crippen LogP contribution < -0.4 is 10.2 Å². The number of benzene rings is 1. The third-order valence-corrected chi connectivity index (χ3v) is 5.31. The van der Waals surface area contributed by atoms with E-state index in [9.17, 15) is 24.5 Å². The highest BCUT2D eigenvalue weighted by Gasteiger charge is 2.24. The number of hydrogen-bond acceptors (Lipinski definition) is 8. The Kier molecular flexibility index (Phi) is 6.55. The third-order valence-electron chi connectivity index (χ3n) is 4.44. The van der Waals surface area contributed by atoms with Crippen molar-refractivity contribution in [2.75, 3.05) is 24.6 Å². The summed E-state index contributed by atoms with van der Waals surface area (Å²) in [6.45, 7) is 0.782. The molecule has 0 bridgehead atoms. The second-order valence-electron chi connectivity index (χ2n) is 6.44. The number of esters is 1. The molecule has 2 aromatic rings. The van der Waals surface area contributed by atoms with Gasteiger partial charge in [-0.3, -0.25) is 25.0 Å². The second-order valence-corrected chi connectivity index (χ2v) is 7.39. The standard InChI is InChI=1S/C19H19N3O6S/c23-17(20-18(24)16-5-4-10-29-16)12-28-19(25)13-6-7-14(15(11-13)22(26)27)21-8-2-1-3-9-21/h4-7,10-11H,1-3,8-9,12H2,(H,20,23,24). The van der Waals surface area contributed by atoms with Crippen molar-refractivity contribution in [2.24, 2.45) is 0 Å². The van der Waals surface area contributed by atoms with Gasteiger partial charge in [0, 0.05) is 19.2 Å². The Morgan fingerprint density at radius 3 is 2.59 bits per heavy atom. The largest absolute Gasteiger partial charge is 0.452 e. The van der Waals surface area contributed by atoms with Crippen molar-refractivity contribution < 1.29 is 24.0 Å². The predicted molar refractivity (Wildman–Crippen MR) is 106 cm³/mol. The van der Waals surface area contributed by atoms with E-state index in [-0.39, 0.29) is 11.3 Å². The lowest BCUT2D eigenvalue weighted by atomic mass is 10.1. The van der Waals surface area contributed by atoms with Gasteiger partial charge < -0.3 is 9.64 Å². The number of thiophene rings is 1. The predicted octanol–water partition coefficient (Wildman–Crippen LogP) is 2.76. The lowest BCUT2D eigenvalue weighted by molar-refractivity contribution is -0.384. The van der Waals surface area contributed by atoms with Crippen LogP contribution in [-0.4, -0.2) is 42.4 Å². The highest BCUT2D eigenvalue weighted by atomic mass is 32.1. The first-order valence-corrected chi connectivity index (χ1v) is 9.92. The van der Waals surface area contributed by atoms with Crippen LogP contribution in [0.2, 0.25) is 0 Å². The number of rotatable bonds is 6. The zero-order valence-corrected chi connectivity index (χ0v) is 16.3. The number of anilines is 1. The summed E-state index contributed by atoms with van der Waals surface area (Å²) in [5.74, 6) is -2.24. The molecule has 1 fully saturated rings. The average molecular weight is 417 g/mol. The minimum Gasteiger partial charge on any atom is -0.452 e. The van der Waals surface area contributed by atoms with Crippen LogP contribution in [0.1, 0.15) is 39.3 Å². The topological polar surface area (TPSA) is 119 Å². The lowest BCUT2D eigenvalue weighted by Gasteiger charge is -2.28. The molecule has 1 saturated heterocycles. The highest BCUT2D eigenvalue weighted by molar-refractivity contribution is 7.12. The van der Waals surface area contributed by atoms with E-state index in [0.29, 0.717) is 10.6 Å². The first-order valence-electron chi connectivity index (χ1n) is 9.04. The summed E-state index contributed by atoms with van der Waals surface area (Å²) in [6, 6.07) is 7.35. The Morgan fingerprint density at radius 2 is 1.93 bits per heavy atom. The number of amides is 2. The minimum atomic E-state index is -0.878. The molecular weight excluding hydrogens is 398 g/mol. The molecule has 1 aliphatic heterocycles. The van der Waals surface area contributed by atoms with Gasteiger partial charge in [-0.25, -0.2) is 4.79 Å². The Hall–Kier alpha value is -3.27. The molecule has 0 aliphatic carbocycles. The van der Waals surface area contributed by atoms with Gasteiger partial charge in [-0.05, 0) is 42.8 Å². The molecule has 0 radical (unpaired) electrons. The van der Waals surface area contributed by atoms with E-state index in [1.165, 1.54) is 23.5 Å². The van der Waals surface area contributed by atoms with Crippen molar-refractivity contribution in [3.8, 4) is 0 Å². The fraction of sp³-hybridized carbons (Fsp3) is 0.316. The number of piperidine rings is 1. The number of nitrogens with one attached hydrogen (secondary N) is 1. The SMILES string of the molecule is O=C(COC(=O)c1ccc(N2CCCCC2)c([N+](=O)[O-])c1)NC(=O)c1cccs1. The quantitative estimate of drug-likeness (QED) is 0.436. The van der Waals surface area contributed by atoms with E-state index in [2.05, 4.69) is 5.32 Å². The molecule has 1 N–H and O–H groups in total. The summed E-state index contributed by atoms with van der Waals surface area (Å²) in [4.78, 5) is 49.0. The first kappa shape index (κ1) is 20.5. The Labute approximate surface area is 170 Å². The third kappa shape index (κ3) is 5.17. The second kappa shape index (κ2) is 9.28. The maximum absolute atomic E-state index is 12.2. The minimum absolute atomic E-state index is 0.0326. The van der Waals surface area contributed by atoms with Gasteiger partial charge in [0.15, 0.2) is 6.61 Å². The van der Waals surface area contributed by atoms with Crippen LogP contribution in [0.3, 0.4) is 0 Å². The average Bonchev–Trinajstić information content (AvgIpc) is 3.27. The summed E-state index contributed by atoms with van der Waals surface area (Å²) < 4.78 is 4.89. The molecule has 1 aromatic carbocycles. The molecule has 9 nitrogen and oxygen atoms in total. The smallest absolute Gasteiger partial charge is 0.338 e. The molecule has 0 atom stereocenters. The monoisotopic (exact) mass is 417 g/mol. The van der Waals surface area contributed by atoms with E-state index in [1.54, 1.807) is 17.5 Å². The number of hydrogen-bond donors (Lipinski definition) is 1. The van der Waals surface area contributed by atoms with Crippen molar-refractivity contribution in [2.45, 2.75) is 19.3 Å². The molecule has 1 aromatic heterocycles. The number of nitro groups is 1. The Morgan fingerprint density at radius 1 is 1.17 bits per heavy atom. The molecule has 0 unspecified atom stereocenters. The first-order chi connectivity index (χ1) is 14.0. The van der Waals surface area contributed by atoms with E-state index in [0.717, 1.165) is 38.4 Å². The van der Waals surface area contributed by atoms with Gasteiger partial charge in [-0.15, -0.1) is 11.3 Å². The van der Waals surface area contributed by atoms with E-state index >= 15 is 0 Å². The summed E-state index contributed by atoms with van der Waals surface area (Å²) >= 11 is 1.17. The number of nitrogens with zero attached hydrogens (tertiary/aromatic N) is 2.